The monoisotopic (exact) mass is 304 g/mol. The highest BCUT2D eigenvalue weighted by Crippen LogP contribution is 2.39. The van der Waals surface area contributed by atoms with Gasteiger partial charge in [0.1, 0.15) is 5.75 Å². The summed E-state index contributed by atoms with van der Waals surface area (Å²) in [5, 5.41) is 5.74. The van der Waals surface area contributed by atoms with E-state index in [2.05, 4.69) is 24.5 Å². The minimum atomic E-state index is -0.207. The quantitative estimate of drug-likeness (QED) is 0.813. The van der Waals surface area contributed by atoms with Crippen molar-refractivity contribution in [3.63, 3.8) is 0 Å². The Balaban J connectivity index is 1.76. The molecule has 0 radical (unpaired) electrons. The van der Waals surface area contributed by atoms with Crippen LogP contribution >= 0.6 is 0 Å². The number of hydrogen-bond donors (Lipinski definition) is 2. The van der Waals surface area contributed by atoms with E-state index in [1.54, 1.807) is 31.4 Å². The number of methoxy groups -OCH3 is 1. The fourth-order valence-electron chi connectivity index (χ4n) is 2.30. The molecule has 1 fully saturated rings. The van der Waals surface area contributed by atoms with Gasteiger partial charge in [-0.3, -0.25) is 9.59 Å². The summed E-state index contributed by atoms with van der Waals surface area (Å²) in [6.07, 6.45) is 1.59. The predicted octanol–water partition coefficient (Wildman–Crippen LogP) is 2.43. The van der Waals surface area contributed by atoms with E-state index in [0.717, 1.165) is 17.9 Å². The van der Waals surface area contributed by atoms with Gasteiger partial charge in [0.2, 0.25) is 11.8 Å². The van der Waals surface area contributed by atoms with E-state index < -0.39 is 0 Å². The zero-order chi connectivity index (χ0) is 16.1. The molecule has 0 heterocycles. The molecule has 120 valence electrons. The Labute approximate surface area is 131 Å². The van der Waals surface area contributed by atoms with Crippen LogP contribution in [0.25, 0.3) is 0 Å². The van der Waals surface area contributed by atoms with Crippen LogP contribution in [0.1, 0.15) is 26.7 Å². The maximum Gasteiger partial charge on any atom is 0.228 e. The number of carbonyl (C=O) groups excluding carboxylic acids is 2. The lowest BCUT2D eigenvalue weighted by atomic mass is 10.1. The van der Waals surface area contributed by atoms with Gasteiger partial charge >= 0.3 is 0 Å². The number of anilines is 1. The van der Waals surface area contributed by atoms with Crippen molar-refractivity contribution in [3.8, 4) is 5.75 Å². The van der Waals surface area contributed by atoms with E-state index in [4.69, 9.17) is 4.74 Å². The van der Waals surface area contributed by atoms with E-state index in [1.165, 1.54) is 0 Å². The summed E-state index contributed by atoms with van der Waals surface area (Å²) in [4.78, 5) is 24.0. The third-order valence-corrected chi connectivity index (χ3v) is 3.84. The molecule has 0 spiro atoms. The van der Waals surface area contributed by atoms with Gasteiger partial charge in [0.25, 0.3) is 0 Å². The zero-order valence-electron chi connectivity index (χ0n) is 13.4. The molecule has 1 aromatic carbocycles. The molecule has 5 nitrogen and oxygen atoms in total. The maximum atomic E-state index is 12.1. The largest absolute Gasteiger partial charge is 0.497 e. The lowest BCUT2D eigenvalue weighted by Crippen LogP contribution is -2.28. The Morgan fingerprint density at radius 3 is 2.41 bits per heavy atom. The predicted molar refractivity (Wildman–Crippen MR) is 85.7 cm³/mol. The lowest BCUT2D eigenvalue weighted by Gasteiger charge is -2.08. The first-order valence-electron chi connectivity index (χ1n) is 7.74. The summed E-state index contributed by atoms with van der Waals surface area (Å²) >= 11 is 0. The molecule has 2 atom stereocenters. The standard InChI is InChI=1S/C17H24N2O3/c1-11(2)8-9-18-16(20)14-10-15(14)17(21)19-12-4-6-13(22-3)7-5-12/h4-7,11,14-15H,8-10H2,1-3H3,(H,18,20)(H,19,21). The van der Waals surface area contributed by atoms with Gasteiger partial charge < -0.3 is 15.4 Å². The lowest BCUT2D eigenvalue weighted by molar-refractivity contribution is -0.125. The Bertz CT molecular complexity index is 525. The number of rotatable bonds is 7. The first-order valence-corrected chi connectivity index (χ1v) is 7.74. The molecule has 0 bridgehead atoms. The van der Waals surface area contributed by atoms with Crippen molar-refractivity contribution in [1.29, 1.82) is 0 Å². The second-order valence-electron chi connectivity index (χ2n) is 6.14. The van der Waals surface area contributed by atoms with Gasteiger partial charge in [-0.2, -0.15) is 0 Å². The molecule has 2 unspecified atom stereocenters. The first-order chi connectivity index (χ1) is 10.5. The van der Waals surface area contributed by atoms with Crippen LogP contribution in [0.15, 0.2) is 24.3 Å². The smallest absolute Gasteiger partial charge is 0.228 e. The van der Waals surface area contributed by atoms with E-state index in [0.29, 0.717) is 18.9 Å². The molecule has 2 N–H and O–H groups in total. The van der Waals surface area contributed by atoms with Crippen molar-refractivity contribution in [1.82, 2.24) is 5.32 Å². The average Bonchev–Trinajstić information content (AvgIpc) is 3.28. The highest BCUT2D eigenvalue weighted by atomic mass is 16.5. The second kappa shape index (κ2) is 7.29. The van der Waals surface area contributed by atoms with Crippen molar-refractivity contribution in [2.75, 3.05) is 19.0 Å². The van der Waals surface area contributed by atoms with Crippen molar-refractivity contribution >= 4 is 17.5 Å². The van der Waals surface area contributed by atoms with Gasteiger partial charge in [0.15, 0.2) is 0 Å². The Morgan fingerprint density at radius 1 is 1.18 bits per heavy atom. The summed E-state index contributed by atoms with van der Waals surface area (Å²) in [5.74, 6) is 0.830. The van der Waals surface area contributed by atoms with Gasteiger partial charge in [0, 0.05) is 12.2 Å². The molecule has 1 aromatic rings. The number of nitrogens with one attached hydrogen (secondary N) is 2. The molecule has 0 saturated heterocycles. The summed E-state index contributed by atoms with van der Waals surface area (Å²) in [5.41, 5.74) is 0.719. The summed E-state index contributed by atoms with van der Waals surface area (Å²) < 4.78 is 5.07. The van der Waals surface area contributed by atoms with E-state index in [-0.39, 0.29) is 23.7 Å². The van der Waals surface area contributed by atoms with Crippen LogP contribution in [0.3, 0.4) is 0 Å². The Morgan fingerprint density at radius 2 is 1.82 bits per heavy atom. The van der Waals surface area contributed by atoms with Crippen LogP contribution < -0.4 is 15.4 Å². The van der Waals surface area contributed by atoms with Crippen molar-refractivity contribution < 1.29 is 14.3 Å². The molecule has 1 aliphatic rings. The molecule has 0 aliphatic heterocycles. The summed E-state index contributed by atoms with van der Waals surface area (Å²) in [6, 6.07) is 7.16. The number of hydrogen-bond acceptors (Lipinski definition) is 3. The summed E-state index contributed by atoms with van der Waals surface area (Å²) in [6.45, 7) is 4.92. The molecular formula is C17H24N2O3. The van der Waals surface area contributed by atoms with Gasteiger partial charge in [-0.25, -0.2) is 0 Å². The average molecular weight is 304 g/mol. The van der Waals surface area contributed by atoms with Crippen molar-refractivity contribution in [2.45, 2.75) is 26.7 Å². The van der Waals surface area contributed by atoms with Crippen molar-refractivity contribution in [3.05, 3.63) is 24.3 Å². The molecule has 2 rings (SSSR count). The van der Waals surface area contributed by atoms with Crippen LogP contribution in [0.4, 0.5) is 5.69 Å². The number of amides is 2. The minimum Gasteiger partial charge on any atom is -0.497 e. The number of carbonyl (C=O) groups is 2. The van der Waals surface area contributed by atoms with Gasteiger partial charge in [0.05, 0.1) is 18.9 Å². The minimum absolute atomic E-state index is 0.00414. The molecule has 0 aromatic heterocycles. The van der Waals surface area contributed by atoms with Crippen LogP contribution in [0, 0.1) is 17.8 Å². The SMILES string of the molecule is COc1ccc(NC(=O)C2CC2C(=O)NCCC(C)C)cc1. The molecule has 22 heavy (non-hydrogen) atoms. The molecule has 5 heteroatoms. The third-order valence-electron chi connectivity index (χ3n) is 3.84. The first kappa shape index (κ1) is 16.3. The van der Waals surface area contributed by atoms with Crippen LogP contribution in [0.5, 0.6) is 5.75 Å². The molecule has 2 amide bonds. The van der Waals surface area contributed by atoms with E-state index in [9.17, 15) is 9.59 Å². The maximum absolute atomic E-state index is 12.1. The molecular weight excluding hydrogens is 280 g/mol. The van der Waals surface area contributed by atoms with E-state index >= 15 is 0 Å². The Hall–Kier alpha value is -2.04. The second-order valence-corrected chi connectivity index (χ2v) is 6.14. The van der Waals surface area contributed by atoms with Gasteiger partial charge in [-0.15, -0.1) is 0 Å². The molecule has 1 aliphatic carbocycles. The highest BCUT2D eigenvalue weighted by Gasteiger charge is 2.47. The highest BCUT2D eigenvalue weighted by molar-refractivity contribution is 5.99. The van der Waals surface area contributed by atoms with Gasteiger partial charge in [-0.1, -0.05) is 13.8 Å². The fourth-order valence-corrected chi connectivity index (χ4v) is 2.30. The fraction of sp³-hybridized carbons (Fsp3) is 0.529. The summed E-state index contributed by atoms with van der Waals surface area (Å²) in [7, 11) is 1.60. The Kier molecular flexibility index (Phi) is 5.41. The van der Waals surface area contributed by atoms with Crippen LogP contribution in [-0.4, -0.2) is 25.5 Å². The van der Waals surface area contributed by atoms with Crippen LogP contribution in [-0.2, 0) is 9.59 Å². The topological polar surface area (TPSA) is 67.4 Å². The number of benzene rings is 1. The van der Waals surface area contributed by atoms with E-state index in [1.807, 2.05) is 0 Å². The van der Waals surface area contributed by atoms with Crippen molar-refractivity contribution in [2.24, 2.45) is 17.8 Å². The molecule has 1 saturated carbocycles. The third kappa shape index (κ3) is 4.48. The number of ether oxygens (including phenoxy) is 1. The van der Waals surface area contributed by atoms with Crippen LogP contribution in [0.2, 0.25) is 0 Å². The van der Waals surface area contributed by atoms with Gasteiger partial charge in [-0.05, 0) is 43.0 Å². The normalized spacial score (nSPS) is 19.6. The zero-order valence-corrected chi connectivity index (χ0v) is 13.4.